The van der Waals surface area contributed by atoms with Gasteiger partial charge in [0.2, 0.25) is 0 Å². The van der Waals surface area contributed by atoms with Crippen molar-refractivity contribution in [2.75, 3.05) is 11.9 Å². The third kappa shape index (κ3) is 4.68. The van der Waals surface area contributed by atoms with Crippen molar-refractivity contribution >= 4 is 38.9 Å². The largest absolute Gasteiger partial charge is 0.454 e. The molecular formula is C22H20N2O5S2. The number of fused-ring (bicyclic) bond motifs is 1. The third-order valence-corrected chi connectivity index (χ3v) is 8.17. The van der Waals surface area contributed by atoms with Crippen LogP contribution in [-0.2, 0) is 37.3 Å². The number of ether oxygens (including phenoxy) is 1. The molecule has 0 spiro atoms. The molecule has 1 aliphatic heterocycles. The molecule has 3 aromatic rings. The summed E-state index contributed by atoms with van der Waals surface area (Å²) in [4.78, 5) is 25.0. The van der Waals surface area contributed by atoms with Crippen LogP contribution in [0.1, 0.15) is 11.1 Å². The number of esters is 1. The summed E-state index contributed by atoms with van der Waals surface area (Å²) in [5.74, 6) is -1.25. The number of carbonyl (C=O) groups excluding carboxylic acids is 2. The van der Waals surface area contributed by atoms with Crippen molar-refractivity contribution in [2.45, 2.75) is 23.2 Å². The van der Waals surface area contributed by atoms with Gasteiger partial charge in [-0.15, -0.1) is 11.3 Å². The van der Waals surface area contributed by atoms with Crippen molar-refractivity contribution in [3.8, 4) is 0 Å². The van der Waals surface area contributed by atoms with Gasteiger partial charge < -0.3 is 10.1 Å². The summed E-state index contributed by atoms with van der Waals surface area (Å²) in [6.45, 7) is -0.439. The first-order valence-electron chi connectivity index (χ1n) is 9.59. The Bertz CT molecular complexity index is 1180. The predicted molar refractivity (Wildman–Crippen MR) is 117 cm³/mol. The molecule has 0 aliphatic carbocycles. The fraction of sp³-hybridized carbons (Fsp3) is 0.182. The molecule has 1 aromatic heterocycles. The maximum atomic E-state index is 13.2. The first-order valence-corrected chi connectivity index (χ1v) is 11.9. The number of thiophene rings is 1. The highest BCUT2D eigenvalue weighted by Crippen LogP contribution is 2.31. The molecule has 4 rings (SSSR count). The van der Waals surface area contributed by atoms with Gasteiger partial charge in [-0.25, -0.2) is 8.42 Å². The van der Waals surface area contributed by atoms with Crippen molar-refractivity contribution < 1.29 is 22.7 Å². The second-order valence-corrected chi connectivity index (χ2v) is 10.1. The summed E-state index contributed by atoms with van der Waals surface area (Å²) < 4.78 is 32.9. The Morgan fingerprint density at radius 3 is 2.42 bits per heavy atom. The highest BCUT2D eigenvalue weighted by molar-refractivity contribution is 7.91. The van der Waals surface area contributed by atoms with Crippen molar-refractivity contribution in [2.24, 2.45) is 0 Å². The molecule has 7 nitrogen and oxygen atoms in total. The Kier molecular flexibility index (Phi) is 6.17. The van der Waals surface area contributed by atoms with E-state index in [1.165, 1.54) is 10.4 Å². The molecule has 1 N–H and O–H groups in total. The number of anilines is 1. The van der Waals surface area contributed by atoms with Gasteiger partial charge in [0.05, 0.1) is 0 Å². The van der Waals surface area contributed by atoms with E-state index in [1.54, 1.807) is 35.7 Å². The van der Waals surface area contributed by atoms with Gasteiger partial charge in [-0.05, 0) is 34.7 Å². The SMILES string of the molecule is O=C(COC(=O)[C@H]1Cc2ccccc2CN1S(=O)(=O)c1cccs1)Nc1ccccc1. The lowest BCUT2D eigenvalue weighted by atomic mass is 9.96. The van der Waals surface area contributed by atoms with Crippen LogP contribution >= 0.6 is 11.3 Å². The maximum Gasteiger partial charge on any atom is 0.325 e. The van der Waals surface area contributed by atoms with Gasteiger partial charge in [0.25, 0.3) is 15.9 Å². The van der Waals surface area contributed by atoms with Crippen LogP contribution in [0.3, 0.4) is 0 Å². The van der Waals surface area contributed by atoms with Crippen molar-refractivity contribution in [3.05, 3.63) is 83.2 Å². The molecular weight excluding hydrogens is 436 g/mol. The van der Waals surface area contributed by atoms with E-state index >= 15 is 0 Å². The van der Waals surface area contributed by atoms with Crippen LogP contribution in [0.2, 0.25) is 0 Å². The van der Waals surface area contributed by atoms with E-state index < -0.39 is 34.5 Å². The third-order valence-electron chi connectivity index (χ3n) is 4.94. The Balaban J connectivity index is 1.52. The number of sulfonamides is 1. The van der Waals surface area contributed by atoms with Crippen LogP contribution in [0.25, 0.3) is 0 Å². The van der Waals surface area contributed by atoms with E-state index in [4.69, 9.17) is 4.74 Å². The van der Waals surface area contributed by atoms with Gasteiger partial charge >= 0.3 is 5.97 Å². The van der Waals surface area contributed by atoms with E-state index in [0.29, 0.717) is 5.69 Å². The van der Waals surface area contributed by atoms with E-state index in [2.05, 4.69) is 5.32 Å². The van der Waals surface area contributed by atoms with Crippen LogP contribution in [0, 0.1) is 0 Å². The molecule has 1 amide bonds. The molecule has 2 aromatic carbocycles. The summed E-state index contributed by atoms with van der Waals surface area (Å²) in [6.07, 6.45) is 0.180. The highest BCUT2D eigenvalue weighted by atomic mass is 32.2. The molecule has 0 unspecified atom stereocenters. The van der Waals surface area contributed by atoms with Crippen molar-refractivity contribution in [3.63, 3.8) is 0 Å². The summed E-state index contributed by atoms with van der Waals surface area (Å²) in [5, 5.41) is 4.31. The maximum absolute atomic E-state index is 13.2. The van der Waals surface area contributed by atoms with Crippen molar-refractivity contribution in [1.29, 1.82) is 0 Å². The lowest BCUT2D eigenvalue weighted by molar-refractivity contribution is -0.151. The zero-order valence-electron chi connectivity index (χ0n) is 16.4. The number of amides is 1. The number of hydrogen-bond acceptors (Lipinski definition) is 6. The van der Waals surface area contributed by atoms with Crippen LogP contribution < -0.4 is 5.32 Å². The molecule has 0 saturated carbocycles. The lowest BCUT2D eigenvalue weighted by Gasteiger charge is -2.34. The Labute approximate surface area is 184 Å². The first kappa shape index (κ1) is 21.2. The smallest absolute Gasteiger partial charge is 0.325 e. The molecule has 9 heteroatoms. The molecule has 1 atom stereocenters. The van der Waals surface area contributed by atoms with E-state index in [-0.39, 0.29) is 17.2 Å². The van der Waals surface area contributed by atoms with Gasteiger partial charge in [-0.1, -0.05) is 48.5 Å². The fourth-order valence-electron chi connectivity index (χ4n) is 3.43. The predicted octanol–water partition coefficient (Wildman–Crippen LogP) is 3.05. The number of benzene rings is 2. The standard InChI is InChI=1S/C22H20N2O5S2/c25-20(23-18-9-2-1-3-10-18)15-29-22(26)19-13-16-7-4-5-8-17(16)14-24(19)31(27,28)21-11-6-12-30-21/h1-12,19H,13-15H2,(H,23,25)/t19-/m1/s1. The quantitative estimate of drug-likeness (QED) is 0.576. The Morgan fingerprint density at radius 1 is 1.00 bits per heavy atom. The highest BCUT2D eigenvalue weighted by Gasteiger charge is 2.41. The summed E-state index contributed by atoms with van der Waals surface area (Å²) in [5.41, 5.74) is 2.31. The van der Waals surface area contributed by atoms with Crippen LogP contribution in [-0.4, -0.2) is 37.2 Å². The fourth-order valence-corrected chi connectivity index (χ4v) is 6.10. The van der Waals surface area contributed by atoms with Gasteiger partial charge in [0, 0.05) is 18.7 Å². The van der Waals surface area contributed by atoms with Gasteiger partial charge in [-0.3, -0.25) is 9.59 Å². The molecule has 0 radical (unpaired) electrons. The first-order chi connectivity index (χ1) is 14.9. The normalized spacial score (nSPS) is 16.3. The molecule has 1 aliphatic rings. The minimum absolute atomic E-state index is 0.0619. The molecule has 31 heavy (non-hydrogen) atoms. The lowest BCUT2D eigenvalue weighted by Crippen LogP contribution is -2.49. The molecule has 2 heterocycles. The second kappa shape index (κ2) is 9.01. The van der Waals surface area contributed by atoms with Gasteiger partial charge in [0.1, 0.15) is 10.3 Å². The van der Waals surface area contributed by atoms with E-state index in [0.717, 1.165) is 22.5 Å². The average Bonchev–Trinajstić information content (AvgIpc) is 3.33. The van der Waals surface area contributed by atoms with E-state index in [1.807, 2.05) is 30.3 Å². The Hall–Kier alpha value is -3.01. The Morgan fingerprint density at radius 2 is 1.71 bits per heavy atom. The number of nitrogens with zero attached hydrogens (tertiary/aromatic N) is 1. The zero-order valence-corrected chi connectivity index (χ0v) is 18.1. The summed E-state index contributed by atoms with van der Waals surface area (Å²) in [6, 6.07) is 18.3. The molecule has 0 fully saturated rings. The van der Waals surface area contributed by atoms with E-state index in [9.17, 15) is 18.0 Å². The second-order valence-electron chi connectivity index (χ2n) is 6.99. The number of hydrogen-bond donors (Lipinski definition) is 1. The molecule has 160 valence electrons. The molecule has 0 saturated heterocycles. The van der Waals surface area contributed by atoms with Crippen LogP contribution in [0.5, 0.6) is 0 Å². The monoisotopic (exact) mass is 456 g/mol. The summed E-state index contributed by atoms with van der Waals surface area (Å²) >= 11 is 1.09. The topological polar surface area (TPSA) is 92.8 Å². The average molecular weight is 457 g/mol. The van der Waals surface area contributed by atoms with Crippen LogP contribution in [0.15, 0.2) is 76.3 Å². The summed E-state index contributed by atoms with van der Waals surface area (Å²) in [7, 11) is -3.89. The number of para-hydroxylation sites is 1. The number of carbonyl (C=O) groups is 2. The minimum Gasteiger partial charge on any atom is -0.454 e. The van der Waals surface area contributed by atoms with Gasteiger partial charge in [-0.2, -0.15) is 4.31 Å². The molecule has 0 bridgehead atoms. The minimum atomic E-state index is -3.89. The van der Waals surface area contributed by atoms with Crippen LogP contribution in [0.4, 0.5) is 5.69 Å². The van der Waals surface area contributed by atoms with Gasteiger partial charge in [0.15, 0.2) is 6.61 Å². The number of rotatable bonds is 6. The number of nitrogens with one attached hydrogen (secondary N) is 1. The zero-order chi connectivity index (χ0) is 21.8. The van der Waals surface area contributed by atoms with Crippen molar-refractivity contribution in [1.82, 2.24) is 4.31 Å².